The molecule has 0 radical (unpaired) electrons. The van der Waals surface area contributed by atoms with Crippen LogP contribution >= 0.6 is 31.9 Å². The molecule has 2 aromatic carbocycles. The number of rotatable bonds is 4. The van der Waals surface area contributed by atoms with Gasteiger partial charge in [-0.3, -0.25) is 0 Å². The zero-order chi connectivity index (χ0) is 19.9. The predicted molar refractivity (Wildman–Crippen MR) is 101 cm³/mol. The average molecular weight is 525 g/mol. The molecule has 0 bridgehead atoms. The Hall–Kier alpha value is -1.65. The standard InChI is InChI=1S/C17H10Br2F3NO3S/c1-27(24,25)17-12(21)5-9(6-13(17)22)15-14(7-20)26-23-16(15)8-2-3-10(18)11(19)4-8/h2-6H,7H2,1H3. The zero-order valence-corrected chi connectivity index (χ0v) is 17.6. The van der Waals surface area contributed by atoms with Crippen molar-refractivity contribution in [3.8, 4) is 22.4 Å². The van der Waals surface area contributed by atoms with Crippen molar-refractivity contribution >= 4 is 41.7 Å². The molecule has 0 saturated heterocycles. The van der Waals surface area contributed by atoms with Gasteiger partial charge in [-0.15, -0.1) is 0 Å². The SMILES string of the molecule is CS(=O)(=O)c1c(F)cc(-c2c(-c3ccc(Br)c(Br)c3)noc2CF)cc1F. The molecule has 0 aliphatic carbocycles. The fraction of sp³-hybridized carbons (Fsp3) is 0.118. The first-order chi connectivity index (χ1) is 12.6. The number of halogens is 5. The van der Waals surface area contributed by atoms with Crippen LogP contribution in [0.3, 0.4) is 0 Å². The highest BCUT2D eigenvalue weighted by atomic mass is 79.9. The summed E-state index contributed by atoms with van der Waals surface area (Å²) in [5.41, 5.74) is 0.642. The second-order valence-electron chi connectivity index (χ2n) is 5.63. The topological polar surface area (TPSA) is 60.2 Å². The van der Waals surface area contributed by atoms with E-state index in [1.54, 1.807) is 18.2 Å². The van der Waals surface area contributed by atoms with Crippen LogP contribution in [0.2, 0.25) is 0 Å². The van der Waals surface area contributed by atoms with Gasteiger partial charge in [-0.25, -0.2) is 21.6 Å². The third kappa shape index (κ3) is 3.83. The van der Waals surface area contributed by atoms with E-state index in [2.05, 4.69) is 37.0 Å². The van der Waals surface area contributed by atoms with Crippen molar-refractivity contribution in [3.05, 3.63) is 56.7 Å². The van der Waals surface area contributed by atoms with Crippen molar-refractivity contribution in [1.82, 2.24) is 5.16 Å². The van der Waals surface area contributed by atoms with Gasteiger partial charge in [-0.05, 0) is 61.7 Å². The summed E-state index contributed by atoms with van der Waals surface area (Å²) >= 11 is 6.66. The lowest BCUT2D eigenvalue weighted by molar-refractivity contribution is 0.332. The van der Waals surface area contributed by atoms with Gasteiger partial charge in [-0.2, -0.15) is 0 Å². The number of hydrogen-bond donors (Lipinski definition) is 0. The van der Waals surface area contributed by atoms with Gasteiger partial charge in [0.1, 0.15) is 22.2 Å². The summed E-state index contributed by atoms with van der Waals surface area (Å²) in [5, 5.41) is 3.82. The van der Waals surface area contributed by atoms with Gasteiger partial charge in [0.25, 0.3) is 0 Å². The molecule has 27 heavy (non-hydrogen) atoms. The molecule has 142 valence electrons. The van der Waals surface area contributed by atoms with Crippen molar-refractivity contribution < 1.29 is 26.1 Å². The summed E-state index contributed by atoms with van der Waals surface area (Å²) in [5.74, 6) is -2.78. The van der Waals surface area contributed by atoms with Gasteiger partial charge in [0.2, 0.25) is 0 Å². The second-order valence-corrected chi connectivity index (χ2v) is 9.29. The first-order valence-electron chi connectivity index (χ1n) is 7.33. The van der Waals surface area contributed by atoms with Crippen LogP contribution in [0.4, 0.5) is 13.2 Å². The van der Waals surface area contributed by atoms with E-state index >= 15 is 0 Å². The van der Waals surface area contributed by atoms with E-state index in [-0.39, 0.29) is 22.6 Å². The minimum atomic E-state index is -4.11. The Balaban J connectivity index is 2.26. The van der Waals surface area contributed by atoms with Crippen LogP contribution in [0.15, 0.2) is 48.7 Å². The van der Waals surface area contributed by atoms with Crippen LogP contribution < -0.4 is 0 Å². The molecule has 0 aliphatic heterocycles. The minimum Gasteiger partial charge on any atom is -0.357 e. The highest BCUT2D eigenvalue weighted by Gasteiger charge is 2.25. The molecule has 0 N–H and O–H groups in total. The Morgan fingerprint density at radius 3 is 2.19 bits per heavy atom. The Morgan fingerprint density at radius 2 is 1.67 bits per heavy atom. The molecule has 3 aromatic rings. The second kappa shape index (κ2) is 7.40. The first kappa shape index (κ1) is 20.1. The van der Waals surface area contributed by atoms with Gasteiger partial charge >= 0.3 is 0 Å². The largest absolute Gasteiger partial charge is 0.357 e. The van der Waals surface area contributed by atoms with Crippen LogP contribution in [0.5, 0.6) is 0 Å². The monoisotopic (exact) mass is 523 g/mol. The van der Waals surface area contributed by atoms with Gasteiger partial charge in [0.05, 0.1) is 5.56 Å². The first-order valence-corrected chi connectivity index (χ1v) is 10.8. The van der Waals surface area contributed by atoms with Gasteiger partial charge in [-0.1, -0.05) is 11.2 Å². The van der Waals surface area contributed by atoms with E-state index in [0.29, 0.717) is 16.3 Å². The third-order valence-corrected chi connectivity index (χ3v) is 6.75. The average Bonchev–Trinajstić information content (AvgIpc) is 2.99. The molecule has 4 nitrogen and oxygen atoms in total. The minimum absolute atomic E-state index is 0.0459. The van der Waals surface area contributed by atoms with Crippen molar-refractivity contribution in [2.75, 3.05) is 6.26 Å². The van der Waals surface area contributed by atoms with Crippen molar-refractivity contribution in [3.63, 3.8) is 0 Å². The predicted octanol–water partition coefficient (Wildman–Crippen LogP) is 5.68. The summed E-state index contributed by atoms with van der Waals surface area (Å²) in [6.07, 6.45) is 0.700. The maximum atomic E-state index is 14.3. The van der Waals surface area contributed by atoms with Crippen LogP contribution in [-0.2, 0) is 16.5 Å². The molecule has 3 rings (SSSR count). The number of alkyl halides is 1. The molecule has 1 heterocycles. The Labute approximate surface area is 169 Å². The molecule has 0 saturated carbocycles. The Bertz CT molecular complexity index is 1120. The maximum Gasteiger partial charge on any atom is 0.181 e. The van der Waals surface area contributed by atoms with Crippen LogP contribution in [-0.4, -0.2) is 19.8 Å². The van der Waals surface area contributed by atoms with Crippen LogP contribution in [0, 0.1) is 11.6 Å². The number of nitrogens with zero attached hydrogens (tertiary/aromatic N) is 1. The van der Waals surface area contributed by atoms with Crippen LogP contribution in [0.25, 0.3) is 22.4 Å². The Kier molecular flexibility index (Phi) is 5.51. The number of sulfone groups is 1. The van der Waals surface area contributed by atoms with E-state index in [0.717, 1.165) is 16.6 Å². The molecule has 0 atom stereocenters. The number of aromatic nitrogens is 1. The normalized spacial score (nSPS) is 11.8. The molecular formula is C17H10Br2F3NO3S. The summed E-state index contributed by atoms with van der Waals surface area (Å²) < 4.78 is 71.6. The molecule has 1 aromatic heterocycles. The van der Waals surface area contributed by atoms with Crippen molar-refractivity contribution in [1.29, 1.82) is 0 Å². The van der Waals surface area contributed by atoms with Gasteiger partial charge in [0.15, 0.2) is 22.3 Å². The van der Waals surface area contributed by atoms with E-state index < -0.39 is 33.0 Å². The van der Waals surface area contributed by atoms with Crippen molar-refractivity contribution in [2.24, 2.45) is 0 Å². The van der Waals surface area contributed by atoms with Gasteiger partial charge in [0, 0.05) is 20.8 Å². The lowest BCUT2D eigenvalue weighted by atomic mass is 9.99. The molecule has 0 amide bonds. The smallest absolute Gasteiger partial charge is 0.181 e. The Morgan fingerprint density at radius 1 is 1.04 bits per heavy atom. The maximum absolute atomic E-state index is 14.3. The fourth-order valence-electron chi connectivity index (χ4n) is 2.61. The lowest BCUT2D eigenvalue weighted by Gasteiger charge is -2.08. The summed E-state index contributed by atoms with van der Waals surface area (Å²) in [6.45, 7) is -1.06. The summed E-state index contributed by atoms with van der Waals surface area (Å²) in [7, 11) is -4.11. The van der Waals surface area contributed by atoms with E-state index in [4.69, 9.17) is 4.52 Å². The fourth-order valence-corrected chi connectivity index (χ4v) is 4.06. The molecule has 0 unspecified atom stereocenters. The van der Waals surface area contributed by atoms with E-state index in [1.807, 2.05) is 0 Å². The molecule has 0 aliphatic rings. The molecular weight excluding hydrogens is 515 g/mol. The zero-order valence-electron chi connectivity index (χ0n) is 13.6. The molecule has 10 heteroatoms. The van der Waals surface area contributed by atoms with Crippen LogP contribution in [0.1, 0.15) is 5.76 Å². The van der Waals surface area contributed by atoms with E-state index in [1.165, 1.54) is 0 Å². The van der Waals surface area contributed by atoms with E-state index in [9.17, 15) is 21.6 Å². The quantitative estimate of drug-likeness (QED) is 0.440. The highest BCUT2D eigenvalue weighted by molar-refractivity contribution is 9.13. The number of benzene rings is 2. The summed E-state index contributed by atoms with van der Waals surface area (Å²) in [6, 6.07) is 6.69. The molecule has 0 fully saturated rings. The number of hydrogen-bond acceptors (Lipinski definition) is 4. The van der Waals surface area contributed by atoms with Crippen molar-refractivity contribution in [2.45, 2.75) is 11.6 Å². The van der Waals surface area contributed by atoms with Gasteiger partial charge < -0.3 is 4.52 Å². The third-order valence-electron chi connectivity index (χ3n) is 3.73. The highest BCUT2D eigenvalue weighted by Crippen LogP contribution is 2.38. The molecule has 0 spiro atoms. The summed E-state index contributed by atoms with van der Waals surface area (Å²) in [4.78, 5) is -1.04. The lowest BCUT2D eigenvalue weighted by Crippen LogP contribution is -2.05.